The molecule has 1 rings (SSSR count). The number of rotatable bonds is 8. The lowest BCUT2D eigenvalue weighted by Crippen LogP contribution is -2.28. The van der Waals surface area contributed by atoms with Crippen LogP contribution in [-0.4, -0.2) is 24.0 Å². The quantitative estimate of drug-likeness (QED) is 0.736. The molecule has 0 fully saturated rings. The highest BCUT2D eigenvalue weighted by Crippen LogP contribution is 2.13. The van der Waals surface area contributed by atoms with Gasteiger partial charge in [0.1, 0.15) is 11.5 Å². The molecule has 0 aliphatic carbocycles. The van der Waals surface area contributed by atoms with E-state index in [0.717, 1.165) is 36.7 Å². The maximum Gasteiger partial charge on any atom is 0.118 e. The summed E-state index contributed by atoms with van der Waals surface area (Å²) in [6, 6.07) is 4.42. The van der Waals surface area contributed by atoms with Crippen molar-refractivity contribution in [1.82, 2.24) is 5.32 Å². The third kappa shape index (κ3) is 4.60. The van der Waals surface area contributed by atoms with Crippen LogP contribution in [-0.2, 0) is 12.3 Å². The standard InChI is InChI=1S/C12H21NO2S/c1-3-10(6-7-14)13-8-11-4-5-12(15-11)9-16-2/h4-5,10,13-14H,3,6-9H2,1-2H3. The van der Waals surface area contributed by atoms with E-state index in [-0.39, 0.29) is 6.61 Å². The van der Waals surface area contributed by atoms with E-state index >= 15 is 0 Å². The zero-order chi connectivity index (χ0) is 11.8. The summed E-state index contributed by atoms with van der Waals surface area (Å²) >= 11 is 1.76. The van der Waals surface area contributed by atoms with Crippen molar-refractivity contribution in [2.45, 2.75) is 38.1 Å². The fourth-order valence-electron chi connectivity index (χ4n) is 1.59. The molecule has 3 nitrogen and oxygen atoms in total. The number of hydrogen-bond acceptors (Lipinski definition) is 4. The first kappa shape index (κ1) is 13.6. The third-order valence-corrected chi connectivity index (χ3v) is 3.11. The monoisotopic (exact) mass is 243 g/mol. The van der Waals surface area contributed by atoms with E-state index in [4.69, 9.17) is 9.52 Å². The van der Waals surface area contributed by atoms with Gasteiger partial charge in [-0.05, 0) is 31.2 Å². The summed E-state index contributed by atoms with van der Waals surface area (Å²) in [4.78, 5) is 0. The Balaban J connectivity index is 2.34. The summed E-state index contributed by atoms with van der Waals surface area (Å²) in [5.41, 5.74) is 0. The van der Waals surface area contributed by atoms with Gasteiger partial charge in [-0.2, -0.15) is 11.8 Å². The smallest absolute Gasteiger partial charge is 0.118 e. The molecule has 1 heterocycles. The molecule has 1 unspecified atom stereocenters. The molecule has 1 aromatic rings. The number of furan rings is 1. The molecule has 0 aromatic carbocycles. The highest BCUT2D eigenvalue weighted by molar-refractivity contribution is 7.97. The van der Waals surface area contributed by atoms with Crippen molar-refractivity contribution in [3.63, 3.8) is 0 Å². The summed E-state index contributed by atoms with van der Waals surface area (Å²) < 4.78 is 5.65. The first-order chi connectivity index (χ1) is 7.80. The van der Waals surface area contributed by atoms with Crippen LogP contribution < -0.4 is 5.32 Å². The van der Waals surface area contributed by atoms with Crippen LogP contribution >= 0.6 is 11.8 Å². The number of aliphatic hydroxyl groups is 1. The highest BCUT2D eigenvalue weighted by Gasteiger charge is 2.06. The Hall–Kier alpha value is -0.450. The van der Waals surface area contributed by atoms with E-state index in [9.17, 15) is 0 Å². The Kier molecular flexibility index (Phi) is 6.61. The van der Waals surface area contributed by atoms with Crippen LogP contribution in [0.4, 0.5) is 0 Å². The summed E-state index contributed by atoms with van der Waals surface area (Å²) in [7, 11) is 0. The summed E-state index contributed by atoms with van der Waals surface area (Å²) in [6.07, 6.45) is 3.89. The van der Waals surface area contributed by atoms with Gasteiger partial charge in [0.25, 0.3) is 0 Å². The maximum atomic E-state index is 8.87. The Morgan fingerprint density at radius 3 is 2.81 bits per heavy atom. The summed E-state index contributed by atoms with van der Waals surface area (Å²) in [6.45, 7) is 3.10. The molecular formula is C12H21NO2S. The van der Waals surface area contributed by atoms with Gasteiger partial charge in [0.2, 0.25) is 0 Å². The van der Waals surface area contributed by atoms with Crippen molar-refractivity contribution in [3.05, 3.63) is 23.7 Å². The molecule has 0 aliphatic heterocycles. The highest BCUT2D eigenvalue weighted by atomic mass is 32.2. The Morgan fingerprint density at radius 1 is 1.44 bits per heavy atom. The summed E-state index contributed by atoms with van der Waals surface area (Å²) in [5.74, 6) is 2.92. The molecule has 92 valence electrons. The van der Waals surface area contributed by atoms with Crippen LogP contribution in [0.2, 0.25) is 0 Å². The molecule has 0 saturated carbocycles. The van der Waals surface area contributed by atoms with Crippen molar-refractivity contribution >= 4 is 11.8 Å². The largest absolute Gasteiger partial charge is 0.464 e. The second kappa shape index (κ2) is 7.76. The first-order valence-electron chi connectivity index (χ1n) is 5.71. The number of aliphatic hydroxyl groups excluding tert-OH is 1. The number of hydrogen-bond donors (Lipinski definition) is 2. The molecule has 0 spiro atoms. The Labute approximate surface area is 102 Å². The van der Waals surface area contributed by atoms with Crippen molar-refractivity contribution in [2.75, 3.05) is 12.9 Å². The van der Waals surface area contributed by atoms with Crippen molar-refractivity contribution in [2.24, 2.45) is 0 Å². The van der Waals surface area contributed by atoms with Gasteiger partial charge >= 0.3 is 0 Å². The average molecular weight is 243 g/mol. The van der Waals surface area contributed by atoms with Crippen molar-refractivity contribution in [3.8, 4) is 0 Å². The normalized spacial score (nSPS) is 12.9. The van der Waals surface area contributed by atoms with E-state index in [0.29, 0.717) is 6.04 Å². The van der Waals surface area contributed by atoms with Crippen LogP contribution in [0.3, 0.4) is 0 Å². The predicted molar refractivity (Wildman–Crippen MR) is 68.5 cm³/mol. The maximum absolute atomic E-state index is 8.87. The molecule has 1 aromatic heterocycles. The first-order valence-corrected chi connectivity index (χ1v) is 7.10. The molecule has 0 aliphatic rings. The van der Waals surface area contributed by atoms with E-state index in [1.807, 2.05) is 12.1 Å². The minimum atomic E-state index is 0.237. The van der Waals surface area contributed by atoms with Gasteiger partial charge in [-0.15, -0.1) is 0 Å². The zero-order valence-corrected chi connectivity index (χ0v) is 10.8. The fourth-order valence-corrected chi connectivity index (χ4v) is 2.03. The fraction of sp³-hybridized carbons (Fsp3) is 0.667. The zero-order valence-electron chi connectivity index (χ0n) is 10.0. The van der Waals surface area contributed by atoms with Gasteiger partial charge in [0.15, 0.2) is 0 Å². The van der Waals surface area contributed by atoms with Crippen molar-refractivity contribution in [1.29, 1.82) is 0 Å². The van der Waals surface area contributed by atoms with Crippen LogP contribution in [0.25, 0.3) is 0 Å². The van der Waals surface area contributed by atoms with E-state index < -0.39 is 0 Å². The van der Waals surface area contributed by atoms with Gasteiger partial charge in [0.05, 0.1) is 12.3 Å². The molecule has 0 amide bonds. The van der Waals surface area contributed by atoms with Crippen LogP contribution in [0.5, 0.6) is 0 Å². The molecule has 4 heteroatoms. The second-order valence-electron chi connectivity index (χ2n) is 3.80. The summed E-state index contributed by atoms with van der Waals surface area (Å²) in [5, 5.41) is 12.3. The van der Waals surface area contributed by atoms with Crippen LogP contribution in [0.1, 0.15) is 31.3 Å². The molecule has 0 radical (unpaired) electrons. The topological polar surface area (TPSA) is 45.4 Å². The van der Waals surface area contributed by atoms with Gasteiger partial charge in [-0.3, -0.25) is 0 Å². The number of thioether (sulfide) groups is 1. The lowest BCUT2D eigenvalue weighted by molar-refractivity contribution is 0.260. The van der Waals surface area contributed by atoms with Gasteiger partial charge in [-0.1, -0.05) is 6.92 Å². The lowest BCUT2D eigenvalue weighted by atomic mass is 10.1. The Bertz CT molecular complexity index is 288. The van der Waals surface area contributed by atoms with Gasteiger partial charge in [-0.25, -0.2) is 0 Å². The molecule has 0 bridgehead atoms. The SMILES string of the molecule is CCC(CCO)NCc1ccc(CSC)o1. The molecule has 0 saturated heterocycles. The van der Waals surface area contributed by atoms with Gasteiger partial charge in [0, 0.05) is 12.6 Å². The lowest BCUT2D eigenvalue weighted by Gasteiger charge is -2.14. The van der Waals surface area contributed by atoms with Crippen LogP contribution in [0, 0.1) is 0 Å². The average Bonchev–Trinajstić information content (AvgIpc) is 2.72. The van der Waals surface area contributed by atoms with Gasteiger partial charge < -0.3 is 14.8 Å². The van der Waals surface area contributed by atoms with E-state index in [1.54, 1.807) is 11.8 Å². The predicted octanol–water partition coefficient (Wildman–Crippen LogP) is 2.39. The molecular weight excluding hydrogens is 222 g/mol. The second-order valence-corrected chi connectivity index (χ2v) is 4.67. The van der Waals surface area contributed by atoms with Crippen molar-refractivity contribution < 1.29 is 9.52 Å². The van der Waals surface area contributed by atoms with E-state index in [1.165, 1.54) is 0 Å². The van der Waals surface area contributed by atoms with E-state index in [2.05, 4.69) is 18.5 Å². The Morgan fingerprint density at radius 2 is 2.19 bits per heavy atom. The minimum absolute atomic E-state index is 0.237. The van der Waals surface area contributed by atoms with Crippen LogP contribution in [0.15, 0.2) is 16.5 Å². The third-order valence-electron chi connectivity index (χ3n) is 2.54. The minimum Gasteiger partial charge on any atom is -0.464 e. The molecule has 16 heavy (non-hydrogen) atoms. The molecule has 2 N–H and O–H groups in total. The number of nitrogens with one attached hydrogen (secondary N) is 1. The molecule has 1 atom stereocenters.